The predicted octanol–water partition coefficient (Wildman–Crippen LogP) is 4.42. The zero-order chi connectivity index (χ0) is 21.1. The number of carbonyl (C=O) groups excluding carboxylic acids is 1. The number of nitrogens with zero attached hydrogens (tertiary/aromatic N) is 3. The van der Waals surface area contributed by atoms with Crippen molar-refractivity contribution in [2.24, 2.45) is 0 Å². The van der Waals surface area contributed by atoms with Gasteiger partial charge in [-0.1, -0.05) is 30.3 Å². The molecule has 0 radical (unpaired) electrons. The van der Waals surface area contributed by atoms with Crippen LogP contribution in [0.15, 0.2) is 42.5 Å². The first-order valence-electron chi connectivity index (χ1n) is 9.50. The van der Waals surface area contributed by atoms with E-state index in [1.54, 1.807) is 20.8 Å². The van der Waals surface area contributed by atoms with Gasteiger partial charge in [-0.25, -0.2) is 13.6 Å². The third-order valence-electron chi connectivity index (χ3n) is 4.53. The van der Waals surface area contributed by atoms with E-state index >= 15 is 0 Å². The Labute approximate surface area is 168 Å². The van der Waals surface area contributed by atoms with Crippen molar-refractivity contribution in [1.29, 1.82) is 0 Å². The van der Waals surface area contributed by atoms with Gasteiger partial charge >= 0.3 is 6.09 Å². The zero-order valence-electron chi connectivity index (χ0n) is 16.8. The van der Waals surface area contributed by atoms with E-state index in [9.17, 15) is 13.6 Å². The van der Waals surface area contributed by atoms with E-state index in [1.165, 1.54) is 17.0 Å². The van der Waals surface area contributed by atoms with E-state index < -0.39 is 30.0 Å². The number of hydrogen-bond donors (Lipinski definition) is 0. The number of ether oxygens (including phenoxy) is 2. The van der Waals surface area contributed by atoms with Gasteiger partial charge in [0, 0.05) is 25.6 Å². The van der Waals surface area contributed by atoms with Crippen LogP contribution in [0.3, 0.4) is 0 Å². The van der Waals surface area contributed by atoms with Crippen LogP contribution in [0.4, 0.5) is 13.6 Å². The molecule has 1 aromatic carbocycles. The van der Waals surface area contributed by atoms with Gasteiger partial charge in [0.15, 0.2) is 0 Å². The second-order valence-electron chi connectivity index (χ2n) is 8.06. The molecule has 8 heteroatoms. The average Bonchev–Trinajstić information content (AvgIpc) is 2.66. The van der Waals surface area contributed by atoms with Crippen molar-refractivity contribution in [3.63, 3.8) is 0 Å². The van der Waals surface area contributed by atoms with Gasteiger partial charge in [0.05, 0.1) is 11.6 Å². The summed E-state index contributed by atoms with van der Waals surface area (Å²) in [4.78, 5) is 13.6. The first-order chi connectivity index (χ1) is 13.6. The fourth-order valence-corrected chi connectivity index (χ4v) is 3.03. The van der Waals surface area contributed by atoms with E-state index in [0.29, 0.717) is 6.61 Å². The van der Waals surface area contributed by atoms with Crippen molar-refractivity contribution in [3.05, 3.63) is 53.7 Å². The number of likely N-dealkylation sites (tertiary alicyclic amines) is 1. The Hall–Kier alpha value is -2.77. The molecule has 6 nitrogen and oxygen atoms in total. The molecule has 1 amide bonds. The number of rotatable bonds is 4. The van der Waals surface area contributed by atoms with Crippen LogP contribution in [0.5, 0.6) is 5.88 Å². The molecule has 0 unspecified atom stereocenters. The van der Waals surface area contributed by atoms with Gasteiger partial charge in [-0.05, 0) is 32.4 Å². The van der Waals surface area contributed by atoms with Crippen LogP contribution in [-0.4, -0.2) is 45.8 Å². The van der Waals surface area contributed by atoms with Gasteiger partial charge in [-0.2, -0.15) is 5.10 Å². The number of halogens is 2. The lowest BCUT2D eigenvalue weighted by atomic mass is 9.90. The number of amides is 1. The molecular weight excluding hydrogens is 380 g/mol. The smallest absolute Gasteiger partial charge is 0.410 e. The van der Waals surface area contributed by atoms with E-state index in [1.807, 2.05) is 30.3 Å². The molecule has 0 bridgehead atoms. The maximum atomic E-state index is 14.5. The molecule has 0 saturated carbocycles. The largest absolute Gasteiger partial charge is 0.472 e. The highest BCUT2D eigenvalue weighted by molar-refractivity contribution is 5.68. The van der Waals surface area contributed by atoms with Crippen LogP contribution in [0.2, 0.25) is 0 Å². The fraction of sp³-hybridized carbons (Fsp3) is 0.476. The molecule has 1 aliphatic rings. The molecule has 2 heterocycles. The average molecular weight is 405 g/mol. The predicted molar refractivity (Wildman–Crippen MR) is 103 cm³/mol. The summed E-state index contributed by atoms with van der Waals surface area (Å²) in [5.41, 5.74) is 0.393. The normalized spacial score (nSPS) is 18.9. The molecule has 0 aliphatic carbocycles. The summed E-state index contributed by atoms with van der Waals surface area (Å²) in [6.45, 7) is 5.27. The molecule has 1 atom stereocenters. The van der Waals surface area contributed by atoms with Crippen molar-refractivity contribution in [2.75, 3.05) is 13.1 Å². The Morgan fingerprint density at radius 2 is 1.90 bits per heavy atom. The van der Waals surface area contributed by atoms with E-state index in [2.05, 4.69) is 10.2 Å². The highest BCUT2D eigenvalue weighted by Crippen LogP contribution is 2.40. The van der Waals surface area contributed by atoms with Crippen molar-refractivity contribution >= 4 is 6.09 Å². The third kappa shape index (κ3) is 5.62. The Morgan fingerprint density at radius 3 is 2.52 bits per heavy atom. The number of hydrogen-bond acceptors (Lipinski definition) is 5. The first-order valence-corrected chi connectivity index (χ1v) is 9.50. The number of benzene rings is 1. The molecule has 29 heavy (non-hydrogen) atoms. The minimum absolute atomic E-state index is 0.0654. The topological polar surface area (TPSA) is 64.5 Å². The summed E-state index contributed by atoms with van der Waals surface area (Å²) in [5, 5.41) is 7.87. The molecule has 0 N–H and O–H groups in total. The van der Waals surface area contributed by atoms with E-state index in [0.717, 1.165) is 5.56 Å². The van der Waals surface area contributed by atoms with Gasteiger partial charge < -0.3 is 14.4 Å². The van der Waals surface area contributed by atoms with Crippen LogP contribution in [0.25, 0.3) is 0 Å². The first kappa shape index (κ1) is 21.0. The number of carbonyl (C=O) groups is 1. The number of piperidine rings is 1. The quantitative estimate of drug-likeness (QED) is 0.754. The molecule has 1 aliphatic heterocycles. The van der Waals surface area contributed by atoms with Crippen LogP contribution >= 0.6 is 0 Å². The summed E-state index contributed by atoms with van der Waals surface area (Å²) < 4.78 is 39.9. The Balaban J connectivity index is 1.67. The van der Waals surface area contributed by atoms with Crippen LogP contribution in [0.1, 0.15) is 44.4 Å². The Morgan fingerprint density at radius 1 is 1.17 bits per heavy atom. The molecule has 0 spiro atoms. The van der Waals surface area contributed by atoms with Crippen molar-refractivity contribution in [1.82, 2.24) is 15.1 Å². The van der Waals surface area contributed by atoms with Crippen molar-refractivity contribution < 1.29 is 23.0 Å². The summed E-state index contributed by atoms with van der Waals surface area (Å²) in [6, 6.07) is 12.5. The van der Waals surface area contributed by atoms with Gasteiger partial charge in [-0.3, -0.25) is 0 Å². The maximum Gasteiger partial charge on any atom is 0.410 e. The summed E-state index contributed by atoms with van der Waals surface area (Å²) in [7, 11) is 0. The van der Waals surface area contributed by atoms with Crippen molar-refractivity contribution in [3.8, 4) is 5.88 Å². The highest BCUT2D eigenvalue weighted by atomic mass is 19.3. The van der Waals surface area contributed by atoms with Crippen LogP contribution < -0.4 is 4.74 Å². The van der Waals surface area contributed by atoms with Gasteiger partial charge in [-0.15, -0.1) is 5.10 Å². The second-order valence-corrected chi connectivity index (χ2v) is 8.06. The number of alkyl halides is 2. The highest BCUT2D eigenvalue weighted by Gasteiger charge is 2.47. The van der Waals surface area contributed by atoms with Crippen molar-refractivity contribution in [2.45, 2.75) is 51.2 Å². The molecule has 156 valence electrons. The minimum Gasteiger partial charge on any atom is -0.472 e. The molecule has 1 fully saturated rings. The summed E-state index contributed by atoms with van der Waals surface area (Å²) in [5.74, 6) is -3.99. The van der Waals surface area contributed by atoms with Crippen LogP contribution in [-0.2, 0) is 11.3 Å². The third-order valence-corrected chi connectivity index (χ3v) is 4.53. The zero-order valence-corrected chi connectivity index (χ0v) is 16.8. The Bertz CT molecular complexity index is 823. The van der Waals surface area contributed by atoms with Crippen LogP contribution in [0, 0.1) is 0 Å². The molecule has 2 aromatic rings. The maximum absolute atomic E-state index is 14.5. The lowest BCUT2D eigenvalue weighted by Crippen LogP contribution is -2.49. The summed E-state index contributed by atoms with van der Waals surface area (Å²) in [6.07, 6.45) is -1.06. The number of aromatic nitrogens is 2. The second kappa shape index (κ2) is 8.31. The Kier molecular flexibility index (Phi) is 6.00. The molecular formula is C21H25F2N3O3. The fourth-order valence-electron chi connectivity index (χ4n) is 3.03. The van der Waals surface area contributed by atoms with Gasteiger partial charge in [0.1, 0.15) is 12.2 Å². The lowest BCUT2D eigenvalue weighted by Gasteiger charge is -2.38. The SMILES string of the molecule is CC(C)(C)OC(=O)N1CCC(F)(F)[C@H](c2ccc(OCc3ccccc3)nn2)C1. The van der Waals surface area contributed by atoms with Gasteiger partial charge in [0.2, 0.25) is 5.88 Å². The molecule has 1 aromatic heterocycles. The monoisotopic (exact) mass is 405 g/mol. The summed E-state index contributed by atoms with van der Waals surface area (Å²) >= 11 is 0. The van der Waals surface area contributed by atoms with E-state index in [-0.39, 0.29) is 24.7 Å². The standard InChI is InChI=1S/C21H25F2N3O3/c1-20(2,3)29-19(27)26-12-11-21(22,23)16(13-26)17-9-10-18(25-24-17)28-14-15-7-5-4-6-8-15/h4-10,16H,11-14H2,1-3H3/t16-/m0/s1. The lowest BCUT2D eigenvalue weighted by molar-refractivity contribution is -0.0783. The molecule has 3 rings (SSSR count). The molecule has 1 saturated heterocycles. The van der Waals surface area contributed by atoms with Gasteiger partial charge in [0.25, 0.3) is 5.92 Å². The minimum atomic E-state index is -2.99. The van der Waals surface area contributed by atoms with E-state index in [4.69, 9.17) is 9.47 Å².